The summed E-state index contributed by atoms with van der Waals surface area (Å²) >= 11 is 0. The van der Waals surface area contributed by atoms with Crippen LogP contribution in [0.2, 0.25) is 0 Å². The monoisotopic (exact) mass is 216 g/mol. The lowest BCUT2D eigenvalue weighted by molar-refractivity contribution is 0.101. The third-order valence-corrected chi connectivity index (χ3v) is 2.86. The molecule has 0 aromatic rings. The second-order valence-corrected chi connectivity index (χ2v) is 4.52. The van der Waals surface area contributed by atoms with Crippen LogP contribution in [0.15, 0.2) is 0 Å². The first kappa shape index (κ1) is 14.9. The molecule has 2 N–H and O–H groups in total. The molecule has 0 bridgehead atoms. The van der Waals surface area contributed by atoms with Crippen LogP contribution in [0.1, 0.15) is 71.6 Å². The van der Waals surface area contributed by atoms with E-state index in [1.807, 2.05) is 0 Å². The first-order chi connectivity index (χ1) is 7.20. The van der Waals surface area contributed by atoms with E-state index in [1.54, 1.807) is 0 Å². The number of unbranched alkanes of at least 4 members (excludes halogenated alkanes) is 3. The maximum absolute atomic E-state index is 9.64. The lowest BCUT2D eigenvalue weighted by Crippen LogP contribution is -2.13. The van der Waals surface area contributed by atoms with Crippen LogP contribution in [0.4, 0.5) is 0 Å². The standard InChI is InChI=1S/C13H28O2/c1-3-5-7-9-13(15)11-10-12(14)8-6-4-2/h12-15H,3-11H2,1-2H3/t12-,13-/m0/s1. The largest absolute Gasteiger partial charge is 0.393 e. The SMILES string of the molecule is CCCCC[C@H](O)CC[C@@H](O)CCCC. The Bertz CT molecular complexity index is 126. The van der Waals surface area contributed by atoms with Gasteiger partial charge in [-0.25, -0.2) is 0 Å². The molecule has 0 unspecified atom stereocenters. The molecule has 0 aromatic carbocycles. The van der Waals surface area contributed by atoms with Crippen molar-refractivity contribution in [3.8, 4) is 0 Å². The van der Waals surface area contributed by atoms with E-state index in [0.717, 1.165) is 44.9 Å². The molecule has 2 heteroatoms. The van der Waals surface area contributed by atoms with Gasteiger partial charge < -0.3 is 10.2 Å². The Morgan fingerprint density at radius 2 is 1.13 bits per heavy atom. The Labute approximate surface area is 94.7 Å². The fraction of sp³-hybridized carbons (Fsp3) is 1.00. The van der Waals surface area contributed by atoms with Gasteiger partial charge in [0.05, 0.1) is 12.2 Å². The highest BCUT2D eigenvalue weighted by Crippen LogP contribution is 2.12. The molecule has 0 rings (SSSR count). The van der Waals surface area contributed by atoms with E-state index in [1.165, 1.54) is 12.8 Å². The number of aliphatic hydroxyl groups is 2. The van der Waals surface area contributed by atoms with Crippen LogP contribution in [0.5, 0.6) is 0 Å². The van der Waals surface area contributed by atoms with Crippen LogP contribution in [0.25, 0.3) is 0 Å². The van der Waals surface area contributed by atoms with E-state index in [-0.39, 0.29) is 12.2 Å². The molecule has 0 aliphatic rings. The summed E-state index contributed by atoms with van der Waals surface area (Å²) in [6, 6.07) is 0. The minimum absolute atomic E-state index is 0.201. The highest BCUT2D eigenvalue weighted by Gasteiger charge is 2.08. The summed E-state index contributed by atoms with van der Waals surface area (Å²) in [5, 5.41) is 19.2. The highest BCUT2D eigenvalue weighted by molar-refractivity contribution is 4.61. The summed E-state index contributed by atoms with van der Waals surface area (Å²) in [6.45, 7) is 4.30. The summed E-state index contributed by atoms with van der Waals surface area (Å²) in [5.74, 6) is 0. The predicted molar refractivity (Wildman–Crippen MR) is 64.9 cm³/mol. The van der Waals surface area contributed by atoms with Gasteiger partial charge in [0.15, 0.2) is 0 Å². The fourth-order valence-corrected chi connectivity index (χ4v) is 1.74. The van der Waals surface area contributed by atoms with Gasteiger partial charge in [0.1, 0.15) is 0 Å². The van der Waals surface area contributed by atoms with Crippen LogP contribution in [0, 0.1) is 0 Å². The zero-order valence-corrected chi connectivity index (χ0v) is 10.4. The Balaban J connectivity index is 3.31. The lowest BCUT2D eigenvalue weighted by Gasteiger charge is -2.13. The van der Waals surface area contributed by atoms with Crippen molar-refractivity contribution in [1.82, 2.24) is 0 Å². The van der Waals surface area contributed by atoms with Gasteiger partial charge in [0.25, 0.3) is 0 Å². The molecule has 92 valence electrons. The zero-order valence-electron chi connectivity index (χ0n) is 10.4. The molecule has 0 spiro atoms. The third kappa shape index (κ3) is 10.2. The number of rotatable bonds is 10. The summed E-state index contributed by atoms with van der Waals surface area (Å²) in [4.78, 5) is 0. The van der Waals surface area contributed by atoms with Crippen LogP contribution in [0.3, 0.4) is 0 Å². The maximum Gasteiger partial charge on any atom is 0.0541 e. The van der Waals surface area contributed by atoms with Gasteiger partial charge in [-0.15, -0.1) is 0 Å². The second kappa shape index (κ2) is 10.4. The predicted octanol–water partition coefficient (Wildman–Crippen LogP) is 3.26. The molecule has 0 aromatic heterocycles. The molecule has 0 radical (unpaired) electrons. The molecular formula is C13H28O2. The Morgan fingerprint density at radius 1 is 0.667 bits per heavy atom. The van der Waals surface area contributed by atoms with Gasteiger partial charge in [-0.2, -0.15) is 0 Å². The van der Waals surface area contributed by atoms with E-state index in [9.17, 15) is 10.2 Å². The summed E-state index contributed by atoms with van der Waals surface area (Å²) in [7, 11) is 0. The Kier molecular flexibility index (Phi) is 10.4. The van der Waals surface area contributed by atoms with E-state index < -0.39 is 0 Å². The lowest BCUT2D eigenvalue weighted by atomic mass is 10.0. The Morgan fingerprint density at radius 3 is 1.60 bits per heavy atom. The molecule has 2 nitrogen and oxygen atoms in total. The summed E-state index contributed by atoms with van der Waals surface area (Å²) in [6.07, 6.45) is 8.64. The van der Waals surface area contributed by atoms with Gasteiger partial charge in [-0.3, -0.25) is 0 Å². The molecule has 0 heterocycles. The van der Waals surface area contributed by atoms with Crippen LogP contribution in [-0.2, 0) is 0 Å². The normalized spacial score (nSPS) is 15.2. The van der Waals surface area contributed by atoms with Crippen molar-refractivity contribution in [3.05, 3.63) is 0 Å². The van der Waals surface area contributed by atoms with Crippen LogP contribution in [-0.4, -0.2) is 22.4 Å². The topological polar surface area (TPSA) is 40.5 Å². The van der Waals surface area contributed by atoms with Crippen molar-refractivity contribution in [3.63, 3.8) is 0 Å². The van der Waals surface area contributed by atoms with E-state index in [4.69, 9.17) is 0 Å². The van der Waals surface area contributed by atoms with Crippen molar-refractivity contribution < 1.29 is 10.2 Å². The molecular weight excluding hydrogens is 188 g/mol. The minimum atomic E-state index is -0.203. The highest BCUT2D eigenvalue weighted by atomic mass is 16.3. The first-order valence-electron chi connectivity index (χ1n) is 6.56. The summed E-state index contributed by atoms with van der Waals surface area (Å²) in [5.41, 5.74) is 0. The van der Waals surface area contributed by atoms with Crippen molar-refractivity contribution >= 4 is 0 Å². The van der Waals surface area contributed by atoms with Crippen LogP contribution < -0.4 is 0 Å². The maximum atomic E-state index is 9.64. The van der Waals surface area contributed by atoms with Crippen molar-refractivity contribution in [2.75, 3.05) is 0 Å². The van der Waals surface area contributed by atoms with Gasteiger partial charge in [0, 0.05) is 0 Å². The number of aliphatic hydroxyl groups excluding tert-OH is 2. The van der Waals surface area contributed by atoms with E-state index >= 15 is 0 Å². The zero-order chi connectivity index (χ0) is 11.5. The van der Waals surface area contributed by atoms with Gasteiger partial charge in [-0.1, -0.05) is 46.0 Å². The van der Waals surface area contributed by atoms with Crippen molar-refractivity contribution in [2.24, 2.45) is 0 Å². The number of hydrogen-bond acceptors (Lipinski definition) is 2. The molecule has 2 atom stereocenters. The van der Waals surface area contributed by atoms with Gasteiger partial charge in [0.2, 0.25) is 0 Å². The summed E-state index contributed by atoms with van der Waals surface area (Å²) < 4.78 is 0. The second-order valence-electron chi connectivity index (χ2n) is 4.52. The molecule has 15 heavy (non-hydrogen) atoms. The van der Waals surface area contributed by atoms with Crippen molar-refractivity contribution in [2.45, 2.75) is 83.8 Å². The fourth-order valence-electron chi connectivity index (χ4n) is 1.74. The smallest absolute Gasteiger partial charge is 0.0541 e. The molecule has 0 aliphatic carbocycles. The molecule has 0 fully saturated rings. The minimum Gasteiger partial charge on any atom is -0.393 e. The van der Waals surface area contributed by atoms with Crippen molar-refractivity contribution in [1.29, 1.82) is 0 Å². The van der Waals surface area contributed by atoms with E-state index in [2.05, 4.69) is 13.8 Å². The number of hydrogen-bond donors (Lipinski definition) is 2. The molecule has 0 saturated heterocycles. The average Bonchev–Trinajstić information content (AvgIpc) is 2.24. The molecule has 0 aliphatic heterocycles. The van der Waals surface area contributed by atoms with Crippen LogP contribution >= 0.6 is 0 Å². The Hall–Kier alpha value is -0.0800. The first-order valence-corrected chi connectivity index (χ1v) is 6.56. The quantitative estimate of drug-likeness (QED) is 0.550. The molecule has 0 amide bonds. The van der Waals surface area contributed by atoms with Gasteiger partial charge in [-0.05, 0) is 25.7 Å². The third-order valence-electron chi connectivity index (χ3n) is 2.86. The average molecular weight is 216 g/mol. The van der Waals surface area contributed by atoms with E-state index in [0.29, 0.717) is 0 Å². The molecule has 0 saturated carbocycles. The van der Waals surface area contributed by atoms with Gasteiger partial charge >= 0.3 is 0 Å².